The number of rotatable bonds is 5. The van der Waals surface area contributed by atoms with Gasteiger partial charge in [-0.1, -0.05) is 32.0 Å². The first kappa shape index (κ1) is 19.6. The molecule has 29 heavy (non-hydrogen) atoms. The molecule has 1 aliphatic heterocycles. The number of anilines is 1. The minimum Gasteiger partial charge on any atom is -0.324 e. The average molecular weight is 412 g/mol. The van der Waals surface area contributed by atoms with E-state index in [-0.39, 0.29) is 18.4 Å². The molecule has 0 radical (unpaired) electrons. The first-order chi connectivity index (χ1) is 14.0. The SMILES string of the molecule is CCc1cccc(CC)c1NC(=O)CN1C(=O)N[C@@]2(CCCc3sccc32)C1=O. The van der Waals surface area contributed by atoms with Crippen LogP contribution in [0, 0.1) is 0 Å². The molecule has 0 bridgehead atoms. The highest BCUT2D eigenvalue weighted by molar-refractivity contribution is 7.10. The maximum Gasteiger partial charge on any atom is 0.325 e. The molecular weight excluding hydrogens is 386 g/mol. The van der Waals surface area contributed by atoms with E-state index >= 15 is 0 Å². The van der Waals surface area contributed by atoms with E-state index in [1.54, 1.807) is 11.3 Å². The van der Waals surface area contributed by atoms with E-state index in [0.29, 0.717) is 6.42 Å². The Labute approximate surface area is 174 Å². The van der Waals surface area contributed by atoms with Crippen LogP contribution in [0.5, 0.6) is 0 Å². The maximum absolute atomic E-state index is 13.3. The highest BCUT2D eigenvalue weighted by atomic mass is 32.1. The van der Waals surface area contributed by atoms with Crippen molar-refractivity contribution in [3.8, 4) is 0 Å². The molecule has 1 atom stereocenters. The molecule has 1 saturated heterocycles. The second kappa shape index (κ2) is 7.63. The van der Waals surface area contributed by atoms with Gasteiger partial charge in [-0.15, -0.1) is 11.3 Å². The molecule has 0 saturated carbocycles. The summed E-state index contributed by atoms with van der Waals surface area (Å²) in [5, 5.41) is 7.79. The molecule has 0 unspecified atom stereocenters. The lowest BCUT2D eigenvalue weighted by Gasteiger charge is -2.31. The molecule has 1 aromatic heterocycles. The number of benzene rings is 1. The normalized spacial score (nSPS) is 20.7. The number of fused-ring (bicyclic) bond motifs is 2. The van der Waals surface area contributed by atoms with Crippen LogP contribution < -0.4 is 10.6 Å². The van der Waals surface area contributed by atoms with E-state index in [2.05, 4.69) is 10.6 Å². The third-order valence-electron chi connectivity index (χ3n) is 5.90. The zero-order chi connectivity index (χ0) is 20.6. The minimum atomic E-state index is -1.01. The standard InChI is InChI=1S/C22H25N3O3S/c1-3-14-7-5-8-15(4-2)19(14)23-18(26)13-25-20(27)22(24-21(25)28)11-6-9-17-16(22)10-12-29-17/h5,7-8,10,12H,3-4,6,9,11,13H2,1-2H3,(H,23,26)(H,24,28)/t22-/m1/s1. The van der Waals surface area contributed by atoms with Crippen molar-refractivity contribution in [3.63, 3.8) is 0 Å². The molecule has 2 aromatic rings. The van der Waals surface area contributed by atoms with Crippen molar-refractivity contribution in [2.45, 2.75) is 51.5 Å². The predicted molar refractivity (Wildman–Crippen MR) is 113 cm³/mol. The number of imide groups is 1. The van der Waals surface area contributed by atoms with Crippen molar-refractivity contribution in [2.75, 3.05) is 11.9 Å². The van der Waals surface area contributed by atoms with Gasteiger partial charge in [-0.25, -0.2) is 4.79 Å². The largest absolute Gasteiger partial charge is 0.325 e. The summed E-state index contributed by atoms with van der Waals surface area (Å²) in [6.45, 7) is 3.79. The van der Waals surface area contributed by atoms with E-state index in [1.165, 1.54) is 0 Å². The van der Waals surface area contributed by atoms with Gasteiger partial charge in [0.1, 0.15) is 12.1 Å². The Hall–Kier alpha value is -2.67. The van der Waals surface area contributed by atoms with Crippen molar-refractivity contribution in [3.05, 3.63) is 51.2 Å². The second-order valence-corrected chi connectivity index (χ2v) is 8.54. The smallest absolute Gasteiger partial charge is 0.324 e. The summed E-state index contributed by atoms with van der Waals surface area (Å²) in [6.07, 6.45) is 3.90. The third-order valence-corrected chi connectivity index (χ3v) is 6.88. The zero-order valence-corrected chi connectivity index (χ0v) is 17.5. The Kier molecular flexibility index (Phi) is 5.17. The predicted octanol–water partition coefficient (Wildman–Crippen LogP) is 3.60. The van der Waals surface area contributed by atoms with Crippen molar-refractivity contribution >= 4 is 34.9 Å². The lowest BCUT2D eigenvalue weighted by atomic mass is 9.80. The van der Waals surface area contributed by atoms with E-state index in [4.69, 9.17) is 0 Å². The van der Waals surface area contributed by atoms with Crippen LogP contribution in [0.15, 0.2) is 29.6 Å². The van der Waals surface area contributed by atoms with Crippen LogP contribution in [0.25, 0.3) is 0 Å². The van der Waals surface area contributed by atoms with Crippen LogP contribution in [-0.4, -0.2) is 29.3 Å². The molecular formula is C22H25N3O3S. The fraction of sp³-hybridized carbons (Fsp3) is 0.409. The molecule has 152 valence electrons. The fourth-order valence-corrected chi connectivity index (χ4v) is 5.41. The van der Waals surface area contributed by atoms with E-state index in [1.807, 2.05) is 43.5 Å². The lowest BCUT2D eigenvalue weighted by Crippen LogP contribution is -2.46. The van der Waals surface area contributed by atoms with Gasteiger partial charge in [0.05, 0.1) is 0 Å². The highest BCUT2D eigenvalue weighted by Crippen LogP contribution is 2.42. The number of nitrogens with one attached hydrogen (secondary N) is 2. The van der Waals surface area contributed by atoms with Crippen LogP contribution in [-0.2, 0) is 34.4 Å². The first-order valence-corrected chi connectivity index (χ1v) is 11.0. The Bertz CT molecular complexity index is 961. The van der Waals surface area contributed by atoms with E-state index < -0.39 is 11.6 Å². The molecule has 6 nitrogen and oxygen atoms in total. The number of aryl methyl sites for hydroxylation is 3. The van der Waals surface area contributed by atoms with Crippen molar-refractivity contribution < 1.29 is 14.4 Å². The number of carbonyl (C=O) groups excluding carboxylic acids is 3. The number of urea groups is 1. The number of hydrogen-bond donors (Lipinski definition) is 2. The molecule has 1 aliphatic carbocycles. The lowest BCUT2D eigenvalue weighted by molar-refractivity contribution is -0.134. The Morgan fingerprint density at radius 2 is 1.93 bits per heavy atom. The summed E-state index contributed by atoms with van der Waals surface area (Å²) < 4.78 is 0. The van der Waals surface area contributed by atoms with Crippen LogP contribution in [0.2, 0.25) is 0 Å². The zero-order valence-electron chi connectivity index (χ0n) is 16.7. The van der Waals surface area contributed by atoms with Gasteiger partial charge in [0, 0.05) is 16.1 Å². The van der Waals surface area contributed by atoms with Crippen molar-refractivity contribution in [1.29, 1.82) is 0 Å². The highest BCUT2D eigenvalue weighted by Gasteiger charge is 2.54. The summed E-state index contributed by atoms with van der Waals surface area (Å²) >= 11 is 1.61. The van der Waals surface area contributed by atoms with Gasteiger partial charge in [0.2, 0.25) is 5.91 Å². The molecule has 4 rings (SSSR count). The number of carbonyl (C=O) groups is 3. The van der Waals surface area contributed by atoms with Crippen LogP contribution in [0.1, 0.15) is 48.3 Å². The monoisotopic (exact) mass is 411 g/mol. The van der Waals surface area contributed by atoms with E-state index in [9.17, 15) is 14.4 Å². The van der Waals surface area contributed by atoms with Crippen LogP contribution in [0.4, 0.5) is 10.5 Å². The number of hydrogen-bond acceptors (Lipinski definition) is 4. The van der Waals surface area contributed by atoms with Crippen LogP contribution in [0.3, 0.4) is 0 Å². The Morgan fingerprint density at radius 1 is 1.21 bits per heavy atom. The fourth-order valence-electron chi connectivity index (χ4n) is 4.41. The summed E-state index contributed by atoms with van der Waals surface area (Å²) in [5.41, 5.74) is 2.76. The molecule has 2 heterocycles. The van der Waals surface area contributed by atoms with Gasteiger partial charge in [0.25, 0.3) is 5.91 Å². The molecule has 1 spiro atoms. The summed E-state index contributed by atoms with van der Waals surface area (Å²) in [6, 6.07) is 7.38. The summed E-state index contributed by atoms with van der Waals surface area (Å²) in [5.74, 6) is -0.681. The topological polar surface area (TPSA) is 78.5 Å². The van der Waals surface area contributed by atoms with Gasteiger partial charge < -0.3 is 10.6 Å². The quantitative estimate of drug-likeness (QED) is 0.738. The third kappa shape index (κ3) is 3.23. The number of nitrogens with zero attached hydrogens (tertiary/aromatic N) is 1. The van der Waals surface area contributed by atoms with Gasteiger partial charge >= 0.3 is 6.03 Å². The Balaban J connectivity index is 1.55. The van der Waals surface area contributed by atoms with Crippen LogP contribution >= 0.6 is 11.3 Å². The number of thiophene rings is 1. The molecule has 2 aliphatic rings. The van der Waals surface area contributed by atoms with Crippen molar-refractivity contribution in [2.24, 2.45) is 0 Å². The van der Waals surface area contributed by atoms with Gasteiger partial charge in [-0.2, -0.15) is 0 Å². The molecule has 7 heteroatoms. The number of para-hydroxylation sites is 1. The second-order valence-electron chi connectivity index (χ2n) is 7.54. The Morgan fingerprint density at radius 3 is 2.62 bits per heavy atom. The first-order valence-electron chi connectivity index (χ1n) is 10.1. The molecule has 4 amide bonds. The average Bonchev–Trinajstić information content (AvgIpc) is 3.29. The molecule has 2 N–H and O–H groups in total. The molecule has 1 fully saturated rings. The van der Waals surface area contributed by atoms with Crippen molar-refractivity contribution in [1.82, 2.24) is 10.2 Å². The number of amides is 4. The minimum absolute atomic E-state index is 0.285. The van der Waals surface area contributed by atoms with Gasteiger partial charge in [-0.3, -0.25) is 14.5 Å². The van der Waals surface area contributed by atoms with Gasteiger partial charge in [-0.05, 0) is 54.7 Å². The molecule has 1 aromatic carbocycles. The summed E-state index contributed by atoms with van der Waals surface area (Å²) in [4.78, 5) is 40.9. The van der Waals surface area contributed by atoms with E-state index in [0.717, 1.165) is 57.8 Å². The maximum atomic E-state index is 13.3. The van der Waals surface area contributed by atoms with Gasteiger partial charge in [0.15, 0.2) is 0 Å². The summed E-state index contributed by atoms with van der Waals surface area (Å²) in [7, 11) is 0.